The number of hydrogen-bond acceptors (Lipinski definition) is 2. The zero-order valence-corrected chi connectivity index (χ0v) is 8.83. The minimum absolute atomic E-state index is 0.346. The minimum Gasteiger partial charge on any atom is -0.320 e. The molecule has 1 rings (SSSR count). The van der Waals surface area contributed by atoms with E-state index < -0.39 is 0 Å². The summed E-state index contributed by atoms with van der Waals surface area (Å²) in [5, 5.41) is 3.00. The molecule has 0 heterocycles. The molecule has 0 atom stereocenters. The third-order valence-corrected chi connectivity index (χ3v) is 2.84. The predicted octanol–water partition coefficient (Wildman–Crippen LogP) is 2.67. The largest absolute Gasteiger partial charge is 0.320 e. The first-order chi connectivity index (χ1) is 6.74. The van der Waals surface area contributed by atoms with Crippen molar-refractivity contribution in [2.75, 3.05) is 19.3 Å². The Hall–Kier alpha value is -0.610. The Morgan fingerprint density at radius 1 is 1.36 bits per heavy atom. The number of rotatable bonds is 5. The molecule has 0 saturated heterocycles. The average molecular weight is 217 g/mol. The van der Waals surface area contributed by atoms with E-state index in [1.54, 1.807) is 0 Å². The van der Waals surface area contributed by atoms with Crippen LogP contribution in [0.25, 0.3) is 0 Å². The quantitative estimate of drug-likeness (QED) is 0.601. The Morgan fingerprint density at radius 2 is 2.14 bits per heavy atom. The molecule has 0 radical (unpaired) electrons. The Bertz CT molecular complexity index is 291. The van der Waals surface area contributed by atoms with Crippen molar-refractivity contribution in [3.05, 3.63) is 29.8 Å². The number of hydrogen-bond donors (Lipinski definition) is 1. The maximum atomic E-state index is 13.1. The average Bonchev–Trinajstić information content (AvgIpc) is 2.18. The van der Waals surface area contributed by atoms with E-state index in [9.17, 15) is 8.78 Å². The Labute approximate surface area is 86.9 Å². The van der Waals surface area contributed by atoms with E-state index in [2.05, 4.69) is 5.32 Å². The van der Waals surface area contributed by atoms with Gasteiger partial charge in [0.05, 0.1) is 0 Å². The molecule has 0 spiro atoms. The molecular weight excluding hydrogens is 204 g/mol. The second-order valence-electron chi connectivity index (χ2n) is 2.88. The van der Waals surface area contributed by atoms with Gasteiger partial charge in [-0.25, -0.2) is 8.78 Å². The Kier molecular flexibility index (Phi) is 4.90. The summed E-state index contributed by atoms with van der Waals surface area (Å²) in [5.74, 6) is 0.0599. The number of benzene rings is 1. The van der Waals surface area contributed by atoms with Gasteiger partial charge in [0.15, 0.2) is 0 Å². The third-order valence-electron chi connectivity index (χ3n) is 1.72. The van der Waals surface area contributed by atoms with Gasteiger partial charge in [-0.05, 0) is 44.0 Å². The summed E-state index contributed by atoms with van der Waals surface area (Å²) >= 11 is 1.35. The fraction of sp³-hybridized carbons (Fsp3) is 0.400. The number of halogens is 2. The summed E-state index contributed by atoms with van der Waals surface area (Å²) in [6.45, 7) is 0.893. The molecule has 0 unspecified atom stereocenters. The Morgan fingerprint density at radius 3 is 2.86 bits per heavy atom. The van der Waals surface area contributed by atoms with Gasteiger partial charge >= 0.3 is 0 Å². The van der Waals surface area contributed by atoms with Crippen LogP contribution in [-0.2, 0) is 0 Å². The van der Waals surface area contributed by atoms with Crippen molar-refractivity contribution in [1.82, 2.24) is 5.32 Å². The Balaban J connectivity index is 2.45. The third kappa shape index (κ3) is 3.64. The molecule has 14 heavy (non-hydrogen) atoms. The molecule has 0 saturated carbocycles. The second-order valence-corrected chi connectivity index (χ2v) is 4.02. The molecule has 0 aliphatic heterocycles. The topological polar surface area (TPSA) is 12.0 Å². The molecule has 1 aromatic carbocycles. The lowest BCUT2D eigenvalue weighted by Gasteiger charge is -2.02. The van der Waals surface area contributed by atoms with Crippen LogP contribution >= 0.6 is 11.8 Å². The van der Waals surface area contributed by atoms with Gasteiger partial charge in [0, 0.05) is 4.90 Å². The summed E-state index contributed by atoms with van der Waals surface area (Å²) in [5.41, 5.74) is 0. The van der Waals surface area contributed by atoms with Gasteiger partial charge in [0.1, 0.15) is 11.6 Å². The predicted molar refractivity (Wildman–Crippen MR) is 55.6 cm³/mol. The lowest BCUT2D eigenvalue weighted by atomic mass is 10.3. The fourth-order valence-electron chi connectivity index (χ4n) is 1.02. The van der Waals surface area contributed by atoms with E-state index in [0.717, 1.165) is 30.9 Å². The van der Waals surface area contributed by atoms with E-state index >= 15 is 0 Å². The van der Waals surface area contributed by atoms with Gasteiger partial charge in [0.25, 0.3) is 0 Å². The molecule has 0 fully saturated rings. The normalized spacial score (nSPS) is 10.5. The summed E-state index contributed by atoms with van der Waals surface area (Å²) in [6, 6.07) is 3.53. The van der Waals surface area contributed by atoms with E-state index in [0.29, 0.717) is 4.90 Å². The van der Waals surface area contributed by atoms with Crippen LogP contribution in [0.2, 0.25) is 0 Å². The van der Waals surface area contributed by atoms with Crippen LogP contribution in [0.15, 0.2) is 23.1 Å². The van der Waals surface area contributed by atoms with E-state index in [1.165, 1.54) is 17.8 Å². The highest BCUT2D eigenvalue weighted by molar-refractivity contribution is 7.99. The summed E-state index contributed by atoms with van der Waals surface area (Å²) < 4.78 is 25.8. The maximum Gasteiger partial charge on any atom is 0.136 e. The van der Waals surface area contributed by atoms with Gasteiger partial charge in [-0.2, -0.15) is 0 Å². The van der Waals surface area contributed by atoms with E-state index in [1.807, 2.05) is 7.05 Å². The number of thioether (sulfide) groups is 1. The first-order valence-electron chi connectivity index (χ1n) is 4.46. The minimum atomic E-state index is -0.387. The zero-order chi connectivity index (χ0) is 10.4. The SMILES string of the molecule is CNCCCSc1cc(F)ccc1F. The van der Waals surface area contributed by atoms with Crippen LogP contribution in [0.1, 0.15) is 6.42 Å². The highest BCUT2D eigenvalue weighted by Gasteiger charge is 2.03. The first-order valence-corrected chi connectivity index (χ1v) is 5.45. The maximum absolute atomic E-state index is 13.1. The highest BCUT2D eigenvalue weighted by atomic mass is 32.2. The first kappa shape index (κ1) is 11.5. The zero-order valence-electron chi connectivity index (χ0n) is 8.02. The van der Waals surface area contributed by atoms with Gasteiger partial charge in [0.2, 0.25) is 0 Å². The molecule has 1 N–H and O–H groups in total. The van der Waals surface area contributed by atoms with Crippen LogP contribution in [0.5, 0.6) is 0 Å². The molecule has 0 aliphatic carbocycles. The van der Waals surface area contributed by atoms with Gasteiger partial charge in [-0.15, -0.1) is 11.8 Å². The second kappa shape index (κ2) is 5.98. The fourth-order valence-corrected chi connectivity index (χ4v) is 1.93. The smallest absolute Gasteiger partial charge is 0.136 e. The molecule has 0 bridgehead atoms. The van der Waals surface area contributed by atoms with E-state index in [4.69, 9.17) is 0 Å². The molecule has 4 heteroatoms. The molecular formula is C10H13F2NS. The number of nitrogens with one attached hydrogen (secondary N) is 1. The van der Waals surface area contributed by atoms with Gasteiger partial charge in [-0.1, -0.05) is 0 Å². The summed E-state index contributed by atoms with van der Waals surface area (Å²) in [7, 11) is 1.87. The molecule has 0 aromatic heterocycles. The van der Waals surface area contributed by atoms with Gasteiger partial charge < -0.3 is 5.32 Å². The standard InChI is InChI=1S/C10H13F2NS/c1-13-5-2-6-14-10-7-8(11)3-4-9(10)12/h3-4,7,13H,2,5-6H2,1H3. The van der Waals surface area contributed by atoms with Crippen molar-refractivity contribution in [2.24, 2.45) is 0 Å². The summed E-state index contributed by atoms with van der Waals surface area (Å²) in [4.78, 5) is 0.390. The molecule has 1 aromatic rings. The van der Waals surface area contributed by atoms with Crippen molar-refractivity contribution in [3.63, 3.8) is 0 Å². The van der Waals surface area contributed by atoms with Crippen molar-refractivity contribution in [3.8, 4) is 0 Å². The van der Waals surface area contributed by atoms with Gasteiger partial charge in [-0.3, -0.25) is 0 Å². The van der Waals surface area contributed by atoms with Crippen molar-refractivity contribution in [1.29, 1.82) is 0 Å². The van der Waals surface area contributed by atoms with Crippen LogP contribution in [0.3, 0.4) is 0 Å². The molecule has 1 nitrogen and oxygen atoms in total. The van der Waals surface area contributed by atoms with Crippen LogP contribution in [-0.4, -0.2) is 19.3 Å². The van der Waals surface area contributed by atoms with Crippen molar-refractivity contribution >= 4 is 11.8 Å². The summed E-state index contributed by atoms with van der Waals surface area (Å²) in [6.07, 6.45) is 0.942. The lowest BCUT2D eigenvalue weighted by Crippen LogP contribution is -2.08. The monoisotopic (exact) mass is 217 g/mol. The van der Waals surface area contributed by atoms with Crippen LogP contribution in [0, 0.1) is 11.6 Å². The van der Waals surface area contributed by atoms with Crippen LogP contribution in [0.4, 0.5) is 8.78 Å². The van der Waals surface area contributed by atoms with Crippen molar-refractivity contribution < 1.29 is 8.78 Å². The highest BCUT2D eigenvalue weighted by Crippen LogP contribution is 2.22. The molecule has 0 amide bonds. The van der Waals surface area contributed by atoms with Crippen molar-refractivity contribution in [2.45, 2.75) is 11.3 Å². The van der Waals surface area contributed by atoms with Crippen LogP contribution < -0.4 is 5.32 Å². The molecule has 78 valence electrons. The van der Waals surface area contributed by atoms with E-state index in [-0.39, 0.29) is 11.6 Å². The lowest BCUT2D eigenvalue weighted by molar-refractivity contribution is 0.577. The molecule has 0 aliphatic rings.